The number of halogens is 1. The zero-order valence-electron chi connectivity index (χ0n) is 9.46. The van der Waals surface area contributed by atoms with E-state index in [2.05, 4.69) is 52.9 Å². The van der Waals surface area contributed by atoms with Gasteiger partial charge in [0.25, 0.3) is 0 Å². The van der Waals surface area contributed by atoms with E-state index in [1.807, 2.05) is 0 Å². The molecule has 0 aliphatic rings. The largest absolute Gasteiger partial charge is 0.329 e. The number of aryl methyl sites for hydroxylation is 1. The van der Waals surface area contributed by atoms with Crippen LogP contribution in [0.5, 0.6) is 0 Å². The van der Waals surface area contributed by atoms with E-state index in [-0.39, 0.29) is 0 Å². The number of nitrogens with zero attached hydrogens (tertiary/aromatic N) is 1. The van der Waals surface area contributed by atoms with Crippen molar-refractivity contribution in [2.75, 3.05) is 19.6 Å². The van der Waals surface area contributed by atoms with Crippen LogP contribution in [0.4, 0.5) is 0 Å². The van der Waals surface area contributed by atoms with E-state index in [9.17, 15) is 0 Å². The molecule has 0 saturated heterocycles. The van der Waals surface area contributed by atoms with Gasteiger partial charge in [-0.3, -0.25) is 4.90 Å². The Morgan fingerprint density at radius 1 is 1.33 bits per heavy atom. The second kappa shape index (κ2) is 6.26. The molecule has 0 radical (unpaired) electrons. The fourth-order valence-electron chi connectivity index (χ4n) is 1.69. The van der Waals surface area contributed by atoms with Crippen molar-refractivity contribution in [1.82, 2.24) is 4.90 Å². The predicted octanol–water partition coefficient (Wildman–Crippen LogP) is 2.54. The second-order valence-corrected chi connectivity index (χ2v) is 4.71. The molecular formula is C12H19BrN2. The third-order valence-electron chi connectivity index (χ3n) is 2.40. The summed E-state index contributed by atoms with van der Waals surface area (Å²) in [5.41, 5.74) is 8.21. The van der Waals surface area contributed by atoms with Crippen molar-refractivity contribution in [1.29, 1.82) is 0 Å². The molecule has 0 bridgehead atoms. The van der Waals surface area contributed by atoms with Crippen LogP contribution >= 0.6 is 15.9 Å². The first-order chi connectivity index (χ1) is 7.15. The summed E-state index contributed by atoms with van der Waals surface area (Å²) in [6.45, 7) is 7.99. The molecule has 0 aliphatic carbocycles. The second-order valence-electron chi connectivity index (χ2n) is 3.79. The maximum absolute atomic E-state index is 5.57. The lowest BCUT2D eigenvalue weighted by Gasteiger charge is -2.19. The van der Waals surface area contributed by atoms with E-state index in [4.69, 9.17) is 5.73 Å². The molecule has 0 fully saturated rings. The normalized spacial score (nSPS) is 11.0. The van der Waals surface area contributed by atoms with Crippen LogP contribution in [0.25, 0.3) is 0 Å². The quantitative estimate of drug-likeness (QED) is 0.891. The van der Waals surface area contributed by atoms with Gasteiger partial charge >= 0.3 is 0 Å². The molecule has 15 heavy (non-hydrogen) atoms. The molecule has 0 heterocycles. The number of benzene rings is 1. The molecule has 1 aromatic carbocycles. The molecular weight excluding hydrogens is 252 g/mol. The van der Waals surface area contributed by atoms with Gasteiger partial charge in [0.15, 0.2) is 0 Å². The molecule has 0 aliphatic heterocycles. The molecule has 0 unspecified atom stereocenters. The smallest absolute Gasteiger partial charge is 0.0234 e. The summed E-state index contributed by atoms with van der Waals surface area (Å²) < 4.78 is 1.15. The number of hydrogen-bond donors (Lipinski definition) is 1. The summed E-state index contributed by atoms with van der Waals surface area (Å²) in [5.74, 6) is 0. The maximum Gasteiger partial charge on any atom is 0.0234 e. The standard InChI is InChI=1S/C12H19BrN2/c1-3-15(5-4-14)9-11-6-10(2)7-12(13)8-11/h6-8H,3-5,9,14H2,1-2H3. The van der Waals surface area contributed by atoms with Gasteiger partial charge in [0.1, 0.15) is 0 Å². The van der Waals surface area contributed by atoms with Crippen molar-refractivity contribution >= 4 is 15.9 Å². The van der Waals surface area contributed by atoms with Crippen LogP contribution in [0.1, 0.15) is 18.1 Å². The van der Waals surface area contributed by atoms with Gasteiger partial charge in [-0.25, -0.2) is 0 Å². The van der Waals surface area contributed by atoms with Gasteiger partial charge in [-0.1, -0.05) is 28.9 Å². The highest BCUT2D eigenvalue weighted by molar-refractivity contribution is 9.10. The Balaban J connectivity index is 2.69. The maximum atomic E-state index is 5.57. The predicted molar refractivity (Wildman–Crippen MR) is 68.9 cm³/mol. The van der Waals surface area contributed by atoms with Gasteiger partial charge in [-0.2, -0.15) is 0 Å². The van der Waals surface area contributed by atoms with Gasteiger partial charge in [0.05, 0.1) is 0 Å². The summed E-state index contributed by atoms with van der Waals surface area (Å²) in [7, 11) is 0. The number of hydrogen-bond acceptors (Lipinski definition) is 2. The summed E-state index contributed by atoms with van der Waals surface area (Å²) >= 11 is 3.52. The van der Waals surface area contributed by atoms with Gasteiger partial charge < -0.3 is 5.73 Å². The van der Waals surface area contributed by atoms with E-state index in [1.165, 1.54) is 11.1 Å². The minimum atomic E-state index is 0.723. The van der Waals surface area contributed by atoms with Crippen molar-refractivity contribution in [3.63, 3.8) is 0 Å². The molecule has 0 amide bonds. The highest BCUT2D eigenvalue weighted by Gasteiger charge is 2.03. The van der Waals surface area contributed by atoms with Crippen molar-refractivity contribution in [3.8, 4) is 0 Å². The van der Waals surface area contributed by atoms with Crippen LogP contribution in [0, 0.1) is 6.92 Å². The van der Waals surface area contributed by atoms with Crippen molar-refractivity contribution in [2.45, 2.75) is 20.4 Å². The molecule has 1 aromatic rings. The Hall–Kier alpha value is -0.380. The number of likely N-dealkylation sites (N-methyl/N-ethyl adjacent to an activating group) is 1. The lowest BCUT2D eigenvalue weighted by molar-refractivity contribution is 0.288. The zero-order valence-corrected chi connectivity index (χ0v) is 11.0. The highest BCUT2D eigenvalue weighted by Crippen LogP contribution is 2.16. The molecule has 3 heteroatoms. The Kier molecular flexibility index (Phi) is 5.29. The summed E-state index contributed by atoms with van der Waals surface area (Å²) in [4.78, 5) is 2.35. The highest BCUT2D eigenvalue weighted by atomic mass is 79.9. The average molecular weight is 271 g/mol. The van der Waals surface area contributed by atoms with Crippen molar-refractivity contribution < 1.29 is 0 Å². The summed E-state index contributed by atoms with van der Waals surface area (Å²) in [5, 5.41) is 0. The van der Waals surface area contributed by atoms with E-state index in [1.54, 1.807) is 0 Å². The van der Waals surface area contributed by atoms with E-state index >= 15 is 0 Å². The third-order valence-corrected chi connectivity index (χ3v) is 2.86. The number of rotatable bonds is 5. The minimum Gasteiger partial charge on any atom is -0.329 e. The zero-order chi connectivity index (χ0) is 11.3. The van der Waals surface area contributed by atoms with E-state index in [0.717, 1.165) is 30.7 Å². The first kappa shape index (κ1) is 12.7. The average Bonchev–Trinajstić information content (AvgIpc) is 2.15. The Labute approximate surface area is 101 Å². The Morgan fingerprint density at radius 3 is 2.60 bits per heavy atom. The van der Waals surface area contributed by atoms with Crippen LogP contribution in [0.15, 0.2) is 22.7 Å². The van der Waals surface area contributed by atoms with Gasteiger partial charge in [0, 0.05) is 24.1 Å². The fourth-order valence-corrected chi connectivity index (χ4v) is 2.35. The first-order valence-electron chi connectivity index (χ1n) is 5.34. The van der Waals surface area contributed by atoms with Crippen LogP contribution in [0.3, 0.4) is 0 Å². The molecule has 2 N–H and O–H groups in total. The van der Waals surface area contributed by atoms with Crippen molar-refractivity contribution in [3.05, 3.63) is 33.8 Å². The van der Waals surface area contributed by atoms with Gasteiger partial charge in [-0.05, 0) is 36.7 Å². The molecule has 0 spiro atoms. The monoisotopic (exact) mass is 270 g/mol. The molecule has 0 aromatic heterocycles. The van der Waals surface area contributed by atoms with Crippen LogP contribution in [0.2, 0.25) is 0 Å². The Morgan fingerprint density at radius 2 is 2.07 bits per heavy atom. The fraction of sp³-hybridized carbons (Fsp3) is 0.500. The SMILES string of the molecule is CCN(CCN)Cc1cc(C)cc(Br)c1. The topological polar surface area (TPSA) is 29.3 Å². The molecule has 84 valence electrons. The van der Waals surface area contributed by atoms with Gasteiger partial charge in [0.2, 0.25) is 0 Å². The minimum absolute atomic E-state index is 0.723. The number of nitrogens with two attached hydrogens (primary N) is 1. The van der Waals surface area contributed by atoms with Crippen LogP contribution < -0.4 is 5.73 Å². The Bertz CT molecular complexity index is 292. The third kappa shape index (κ3) is 4.33. The molecule has 0 saturated carbocycles. The van der Waals surface area contributed by atoms with E-state index < -0.39 is 0 Å². The molecule has 0 atom stereocenters. The lowest BCUT2D eigenvalue weighted by atomic mass is 10.1. The molecule has 2 nitrogen and oxygen atoms in total. The molecule has 1 rings (SSSR count). The summed E-state index contributed by atoms with van der Waals surface area (Å²) in [6.07, 6.45) is 0. The van der Waals surface area contributed by atoms with Crippen molar-refractivity contribution in [2.24, 2.45) is 5.73 Å². The first-order valence-corrected chi connectivity index (χ1v) is 6.13. The van der Waals surface area contributed by atoms with E-state index in [0.29, 0.717) is 0 Å². The lowest BCUT2D eigenvalue weighted by Crippen LogP contribution is -2.28. The van der Waals surface area contributed by atoms with Crippen LogP contribution in [-0.4, -0.2) is 24.5 Å². The van der Waals surface area contributed by atoms with Crippen LogP contribution in [-0.2, 0) is 6.54 Å². The summed E-state index contributed by atoms with van der Waals surface area (Å²) in [6, 6.07) is 6.53. The van der Waals surface area contributed by atoms with Gasteiger partial charge in [-0.15, -0.1) is 0 Å².